The van der Waals surface area contributed by atoms with Gasteiger partial charge in [-0.3, -0.25) is 19.3 Å². The van der Waals surface area contributed by atoms with Crippen molar-refractivity contribution in [1.82, 2.24) is 10.2 Å². The van der Waals surface area contributed by atoms with Crippen LogP contribution in [0.2, 0.25) is 5.02 Å². The molecule has 7 nitrogen and oxygen atoms in total. The summed E-state index contributed by atoms with van der Waals surface area (Å²) in [6.45, 7) is -0.305. The average Bonchev–Trinajstić information content (AvgIpc) is 3.11. The van der Waals surface area contributed by atoms with Gasteiger partial charge in [0.1, 0.15) is 6.04 Å². The van der Waals surface area contributed by atoms with Crippen LogP contribution in [0.3, 0.4) is 0 Å². The Morgan fingerprint density at radius 1 is 0.824 bits per heavy atom. The lowest BCUT2D eigenvalue weighted by molar-refractivity contribution is -0.152. The molecule has 1 atom stereocenters. The van der Waals surface area contributed by atoms with Gasteiger partial charge in [0.2, 0.25) is 0 Å². The van der Waals surface area contributed by atoms with E-state index in [1.165, 1.54) is 0 Å². The van der Waals surface area contributed by atoms with Crippen molar-refractivity contribution < 1.29 is 23.9 Å². The molecule has 0 aromatic heterocycles. The normalized spacial score (nSPS) is 13.4. The van der Waals surface area contributed by atoms with Crippen LogP contribution in [0.1, 0.15) is 31.8 Å². The van der Waals surface area contributed by atoms with Gasteiger partial charge in [-0.15, -0.1) is 0 Å². The molecule has 0 radical (unpaired) electrons. The number of imide groups is 1. The molecule has 34 heavy (non-hydrogen) atoms. The summed E-state index contributed by atoms with van der Waals surface area (Å²) in [5.41, 5.74) is 2.04. The summed E-state index contributed by atoms with van der Waals surface area (Å²) in [6, 6.07) is 21.1. The Morgan fingerprint density at radius 2 is 1.41 bits per heavy atom. The van der Waals surface area contributed by atoms with Crippen LogP contribution < -0.4 is 5.32 Å². The number of rotatable bonds is 8. The van der Waals surface area contributed by atoms with Crippen molar-refractivity contribution in [2.75, 3.05) is 6.61 Å². The SMILES string of the molecule is O=C(COC(=O)C(Cc1ccccc1)N1C(=O)c2ccccc2C1=O)NCc1ccc(Cl)cc1. The number of nitrogens with one attached hydrogen (secondary N) is 1. The maximum atomic E-state index is 13.0. The number of benzene rings is 3. The van der Waals surface area contributed by atoms with E-state index in [2.05, 4.69) is 5.32 Å². The van der Waals surface area contributed by atoms with E-state index in [4.69, 9.17) is 16.3 Å². The van der Waals surface area contributed by atoms with Crippen molar-refractivity contribution in [3.05, 3.63) is 106 Å². The van der Waals surface area contributed by atoms with Gasteiger partial charge in [-0.1, -0.05) is 66.2 Å². The molecule has 1 heterocycles. The number of hydrogen-bond acceptors (Lipinski definition) is 5. The molecular formula is C26H21ClN2O5. The lowest BCUT2D eigenvalue weighted by atomic mass is 10.0. The molecule has 0 saturated heterocycles. The van der Waals surface area contributed by atoms with Crippen LogP contribution in [0.25, 0.3) is 0 Å². The van der Waals surface area contributed by atoms with Crippen LogP contribution in [0.15, 0.2) is 78.9 Å². The fourth-order valence-electron chi connectivity index (χ4n) is 3.70. The maximum absolute atomic E-state index is 13.0. The minimum atomic E-state index is -1.21. The molecule has 3 amide bonds. The molecule has 0 bridgehead atoms. The van der Waals surface area contributed by atoms with Gasteiger partial charge < -0.3 is 10.1 Å². The van der Waals surface area contributed by atoms with Crippen molar-refractivity contribution in [3.63, 3.8) is 0 Å². The number of halogens is 1. The fraction of sp³-hybridized carbons (Fsp3) is 0.154. The molecule has 0 aliphatic carbocycles. The Bertz CT molecular complexity index is 1190. The van der Waals surface area contributed by atoms with Gasteiger partial charge in [0.05, 0.1) is 11.1 Å². The van der Waals surface area contributed by atoms with E-state index in [1.54, 1.807) is 72.8 Å². The predicted octanol–water partition coefficient (Wildman–Crippen LogP) is 3.41. The molecule has 1 N–H and O–H groups in total. The first-order valence-corrected chi connectivity index (χ1v) is 11.0. The Labute approximate surface area is 201 Å². The highest BCUT2D eigenvalue weighted by molar-refractivity contribution is 6.30. The second kappa shape index (κ2) is 10.3. The Kier molecular flexibility index (Phi) is 7.04. The largest absolute Gasteiger partial charge is 0.454 e. The number of ether oxygens (including phenoxy) is 1. The Morgan fingerprint density at radius 3 is 2.03 bits per heavy atom. The molecule has 0 spiro atoms. The molecule has 1 aliphatic heterocycles. The van der Waals surface area contributed by atoms with Crippen molar-refractivity contribution in [1.29, 1.82) is 0 Å². The van der Waals surface area contributed by atoms with Crippen LogP contribution in [-0.2, 0) is 27.3 Å². The van der Waals surface area contributed by atoms with Gasteiger partial charge in [-0.2, -0.15) is 0 Å². The molecule has 0 fully saturated rings. The summed E-state index contributed by atoms with van der Waals surface area (Å²) < 4.78 is 5.24. The number of hydrogen-bond donors (Lipinski definition) is 1. The van der Waals surface area contributed by atoms with Gasteiger partial charge in [0.25, 0.3) is 17.7 Å². The summed E-state index contributed by atoms with van der Waals surface area (Å²) >= 11 is 5.85. The quantitative estimate of drug-likeness (QED) is 0.397. The van der Waals surface area contributed by atoms with Gasteiger partial charge in [0, 0.05) is 18.0 Å². The van der Waals surface area contributed by atoms with Crippen LogP contribution >= 0.6 is 11.6 Å². The molecule has 0 saturated carbocycles. The van der Waals surface area contributed by atoms with E-state index in [9.17, 15) is 19.2 Å². The molecule has 1 aliphatic rings. The summed E-state index contributed by atoms with van der Waals surface area (Å²) in [5.74, 6) is -2.47. The van der Waals surface area contributed by atoms with Crippen LogP contribution in [0.5, 0.6) is 0 Å². The molecule has 3 aromatic rings. The van der Waals surface area contributed by atoms with E-state index < -0.39 is 36.3 Å². The monoisotopic (exact) mass is 476 g/mol. The molecule has 3 aromatic carbocycles. The van der Waals surface area contributed by atoms with Gasteiger partial charge in [-0.05, 0) is 35.4 Å². The molecule has 4 rings (SSSR count). The predicted molar refractivity (Wildman–Crippen MR) is 125 cm³/mol. The first kappa shape index (κ1) is 23.2. The highest BCUT2D eigenvalue weighted by Crippen LogP contribution is 2.26. The number of carbonyl (C=O) groups is 4. The second-order valence-corrected chi connectivity index (χ2v) is 8.18. The third kappa shape index (κ3) is 5.15. The van der Waals surface area contributed by atoms with Crippen molar-refractivity contribution in [2.24, 2.45) is 0 Å². The van der Waals surface area contributed by atoms with Gasteiger partial charge in [0.15, 0.2) is 6.61 Å². The van der Waals surface area contributed by atoms with Gasteiger partial charge in [-0.25, -0.2) is 4.79 Å². The molecule has 8 heteroatoms. The molecular weight excluding hydrogens is 456 g/mol. The standard InChI is InChI=1S/C26H21ClN2O5/c27-19-12-10-18(11-13-19)15-28-23(30)16-34-26(33)22(14-17-6-2-1-3-7-17)29-24(31)20-8-4-5-9-21(20)25(29)32/h1-13,22H,14-16H2,(H,28,30). The lowest BCUT2D eigenvalue weighted by Crippen LogP contribution is -2.47. The smallest absolute Gasteiger partial charge is 0.330 e. The van der Waals surface area contributed by atoms with E-state index in [1.807, 2.05) is 6.07 Å². The topological polar surface area (TPSA) is 92.8 Å². The second-order valence-electron chi connectivity index (χ2n) is 7.74. The summed E-state index contributed by atoms with van der Waals surface area (Å²) in [6.07, 6.45) is 0.0670. The van der Waals surface area contributed by atoms with Crippen molar-refractivity contribution in [3.8, 4) is 0 Å². The van der Waals surface area contributed by atoms with Crippen LogP contribution in [-0.4, -0.2) is 41.2 Å². The first-order valence-electron chi connectivity index (χ1n) is 10.6. The van der Waals surface area contributed by atoms with E-state index in [0.29, 0.717) is 5.02 Å². The Hall–Kier alpha value is -3.97. The highest BCUT2D eigenvalue weighted by Gasteiger charge is 2.43. The average molecular weight is 477 g/mol. The van der Waals surface area contributed by atoms with Crippen LogP contribution in [0, 0.1) is 0 Å². The summed E-state index contributed by atoms with van der Waals surface area (Å²) in [5, 5.41) is 3.24. The fourth-order valence-corrected chi connectivity index (χ4v) is 3.82. The zero-order chi connectivity index (χ0) is 24.1. The number of nitrogens with zero attached hydrogens (tertiary/aromatic N) is 1. The van der Waals surface area contributed by atoms with Crippen molar-refractivity contribution in [2.45, 2.75) is 19.0 Å². The number of esters is 1. The Balaban J connectivity index is 1.45. The summed E-state index contributed by atoms with van der Waals surface area (Å²) in [7, 11) is 0. The van der Waals surface area contributed by atoms with E-state index in [0.717, 1.165) is 16.0 Å². The van der Waals surface area contributed by atoms with Crippen LogP contribution in [0.4, 0.5) is 0 Å². The van der Waals surface area contributed by atoms with Gasteiger partial charge >= 0.3 is 5.97 Å². The summed E-state index contributed by atoms with van der Waals surface area (Å²) in [4.78, 5) is 52.1. The molecule has 1 unspecified atom stereocenters. The third-order valence-electron chi connectivity index (χ3n) is 5.43. The first-order chi connectivity index (χ1) is 16.4. The lowest BCUT2D eigenvalue weighted by Gasteiger charge is -2.24. The minimum Gasteiger partial charge on any atom is -0.454 e. The van der Waals surface area contributed by atoms with E-state index >= 15 is 0 Å². The van der Waals surface area contributed by atoms with Crippen molar-refractivity contribution >= 4 is 35.3 Å². The maximum Gasteiger partial charge on any atom is 0.330 e. The zero-order valence-corrected chi connectivity index (χ0v) is 18.8. The zero-order valence-electron chi connectivity index (χ0n) is 18.1. The molecule has 172 valence electrons. The highest BCUT2D eigenvalue weighted by atomic mass is 35.5. The number of carbonyl (C=O) groups excluding carboxylic acids is 4. The third-order valence-corrected chi connectivity index (χ3v) is 5.68. The number of amides is 3. The number of fused-ring (bicyclic) bond motifs is 1. The van der Waals surface area contributed by atoms with E-state index in [-0.39, 0.29) is 24.1 Å². The minimum absolute atomic E-state index is 0.0670.